The minimum atomic E-state index is -0.0774. The number of ketones is 2. The molecule has 0 fully saturated rings. The van der Waals surface area contributed by atoms with Gasteiger partial charge in [0.05, 0.1) is 49.2 Å². The zero-order valence-corrected chi connectivity index (χ0v) is 23.2. The van der Waals surface area contributed by atoms with E-state index in [1.807, 2.05) is 12.1 Å². The van der Waals surface area contributed by atoms with E-state index in [0.29, 0.717) is 41.7 Å². The summed E-state index contributed by atoms with van der Waals surface area (Å²) < 4.78 is 4.54. The molecule has 0 unspecified atom stereocenters. The lowest BCUT2D eigenvalue weighted by atomic mass is 10.3. The fourth-order valence-electron chi connectivity index (χ4n) is 2.43. The van der Waals surface area contributed by atoms with E-state index >= 15 is 0 Å². The van der Waals surface area contributed by atoms with Gasteiger partial charge in [0.15, 0.2) is 17.3 Å². The maximum Gasteiger partial charge on any atom is 0.192 e. The number of hydrogen-bond donors (Lipinski definition) is 0. The second kappa shape index (κ2) is 15.1. The number of imidazole rings is 2. The number of allylic oxidation sites excluding steroid dienone is 1. The summed E-state index contributed by atoms with van der Waals surface area (Å²) in [7, 11) is 0. The largest absolute Gasteiger partial charge is 0.332 e. The monoisotopic (exact) mass is 622 g/mol. The summed E-state index contributed by atoms with van der Waals surface area (Å²) >= 11 is 17.0. The lowest BCUT2D eigenvalue weighted by Gasteiger charge is -2.00. The number of carbonyl (C=O) groups excluding carboxylic acids is 2. The number of thiophene rings is 2. The van der Waals surface area contributed by atoms with E-state index in [4.69, 9.17) is 33.7 Å². The summed E-state index contributed by atoms with van der Waals surface area (Å²) in [6.45, 7) is 4.37. The highest BCUT2D eigenvalue weighted by molar-refractivity contribution is 9.09. The van der Waals surface area contributed by atoms with Crippen LogP contribution in [0.25, 0.3) is 0 Å². The second-order valence-corrected chi connectivity index (χ2v) is 10.6. The van der Waals surface area contributed by atoms with Gasteiger partial charge in [0.25, 0.3) is 0 Å². The predicted octanol–water partition coefficient (Wildman–Crippen LogP) is 6.27. The third-order valence-electron chi connectivity index (χ3n) is 4.05. The number of Topliss-reactive ketones (excluding diaryl/α,β-unsaturated/α-hetero) is 2. The number of nitriles is 2. The van der Waals surface area contributed by atoms with E-state index in [2.05, 4.69) is 32.5 Å². The van der Waals surface area contributed by atoms with Gasteiger partial charge in [0, 0.05) is 12.7 Å². The van der Waals surface area contributed by atoms with Gasteiger partial charge in [0.2, 0.25) is 0 Å². The molecule has 0 atom stereocenters. The fraction of sp³-hybridized carbons (Fsp3) is 0.130. The summed E-state index contributed by atoms with van der Waals surface area (Å²) in [5.74, 6) is 0.00306. The Morgan fingerprint density at radius 1 is 1.06 bits per heavy atom. The maximum absolute atomic E-state index is 11.8. The zero-order chi connectivity index (χ0) is 26.5. The van der Waals surface area contributed by atoms with Crippen LogP contribution in [0.3, 0.4) is 0 Å². The van der Waals surface area contributed by atoms with Gasteiger partial charge in [0.1, 0.15) is 17.8 Å². The highest BCUT2D eigenvalue weighted by atomic mass is 79.9. The average molecular weight is 624 g/mol. The van der Waals surface area contributed by atoms with Crippen LogP contribution in [0.5, 0.6) is 0 Å². The molecule has 8 nitrogen and oxygen atoms in total. The Kier molecular flexibility index (Phi) is 12.3. The minimum absolute atomic E-state index is 0.0774. The summed E-state index contributed by atoms with van der Waals surface area (Å²) in [6, 6.07) is 10.7. The molecule has 0 aliphatic heterocycles. The number of halogens is 3. The highest BCUT2D eigenvalue weighted by Crippen LogP contribution is 2.23. The lowest BCUT2D eigenvalue weighted by Crippen LogP contribution is -2.09. The number of rotatable bonds is 7. The summed E-state index contributed by atoms with van der Waals surface area (Å²) in [5.41, 5.74) is 0.817. The normalized spacial score (nSPS) is 9.58. The Morgan fingerprint density at radius 2 is 1.69 bits per heavy atom. The molecule has 0 amide bonds. The van der Waals surface area contributed by atoms with Crippen LogP contribution in [0, 0.1) is 22.7 Å². The standard InChI is InChI=1S/C10H6ClN3OS.C7H7N3.C6H4BrClOS/c11-10-2-1-9(16-10)8(15)5-14-6-13-4-7(14)3-12;1-2-3-10-5-7(4-8)9-6-10;7-3-4(9)5-1-2-6(8)10-5/h1-2,4,6H,5H2;2,5-6H,1,3H2;1-2H,3H2. The van der Waals surface area contributed by atoms with Crippen LogP contribution < -0.4 is 0 Å². The molecule has 36 heavy (non-hydrogen) atoms. The molecule has 4 aromatic rings. The van der Waals surface area contributed by atoms with Crippen LogP contribution in [-0.2, 0) is 13.1 Å². The average Bonchev–Trinajstić information content (AvgIpc) is 3.68. The second-order valence-electron chi connectivity index (χ2n) is 6.56. The van der Waals surface area contributed by atoms with Crippen LogP contribution >= 0.6 is 61.8 Å². The molecule has 4 rings (SSSR count). The third kappa shape index (κ3) is 9.19. The molecular weight excluding hydrogens is 607 g/mol. The van der Waals surface area contributed by atoms with E-state index in [0.717, 1.165) is 0 Å². The van der Waals surface area contributed by atoms with Gasteiger partial charge in [-0.25, -0.2) is 9.97 Å². The van der Waals surface area contributed by atoms with Crippen molar-refractivity contribution in [3.05, 3.63) is 91.8 Å². The van der Waals surface area contributed by atoms with Gasteiger partial charge in [-0.2, -0.15) is 10.5 Å². The van der Waals surface area contributed by atoms with Crippen molar-refractivity contribution in [3.8, 4) is 12.1 Å². The topological polar surface area (TPSA) is 117 Å². The first kappa shape index (κ1) is 29.2. The van der Waals surface area contributed by atoms with Crippen molar-refractivity contribution in [2.45, 2.75) is 13.1 Å². The minimum Gasteiger partial charge on any atom is -0.332 e. The molecule has 0 saturated heterocycles. The Labute approximate surface area is 233 Å². The molecule has 0 saturated carbocycles. The van der Waals surface area contributed by atoms with Gasteiger partial charge >= 0.3 is 0 Å². The smallest absolute Gasteiger partial charge is 0.192 e. The summed E-state index contributed by atoms with van der Waals surface area (Å²) in [4.78, 5) is 31.6. The molecule has 0 radical (unpaired) electrons. The Bertz CT molecular complexity index is 1410. The van der Waals surface area contributed by atoms with Crippen molar-refractivity contribution in [1.82, 2.24) is 19.1 Å². The molecule has 13 heteroatoms. The fourth-order valence-corrected chi connectivity index (χ4v) is 4.87. The number of aromatic nitrogens is 4. The first-order chi connectivity index (χ1) is 17.3. The van der Waals surface area contributed by atoms with Crippen molar-refractivity contribution in [2.24, 2.45) is 0 Å². The van der Waals surface area contributed by atoms with Gasteiger partial charge < -0.3 is 9.13 Å². The lowest BCUT2D eigenvalue weighted by molar-refractivity contribution is 0.0974. The Balaban J connectivity index is 0.000000200. The highest BCUT2D eigenvalue weighted by Gasteiger charge is 2.11. The molecule has 0 bridgehead atoms. The third-order valence-corrected chi connectivity index (χ3v) is 7.10. The maximum atomic E-state index is 11.8. The first-order valence-electron chi connectivity index (χ1n) is 9.87. The van der Waals surface area contributed by atoms with Gasteiger partial charge in [-0.1, -0.05) is 45.2 Å². The van der Waals surface area contributed by atoms with Crippen LogP contribution in [0.15, 0.2) is 62.0 Å². The molecule has 0 spiro atoms. The van der Waals surface area contributed by atoms with Crippen molar-refractivity contribution in [2.75, 3.05) is 5.33 Å². The van der Waals surface area contributed by atoms with Crippen LogP contribution in [0.4, 0.5) is 0 Å². The molecular formula is C23H17BrCl2N6O2S2. The Hall–Kier alpha value is -3.06. The van der Waals surface area contributed by atoms with E-state index in [1.165, 1.54) is 39.8 Å². The van der Waals surface area contributed by atoms with Crippen molar-refractivity contribution in [3.63, 3.8) is 0 Å². The Morgan fingerprint density at radius 3 is 2.17 bits per heavy atom. The predicted molar refractivity (Wildman–Crippen MR) is 145 cm³/mol. The molecule has 4 heterocycles. The molecule has 0 aliphatic carbocycles. The van der Waals surface area contributed by atoms with E-state index in [9.17, 15) is 9.59 Å². The molecule has 0 N–H and O–H groups in total. The molecule has 0 aromatic carbocycles. The SMILES string of the molecule is C=CCn1cnc(C#N)c1.N#Cc1cncn1CC(=O)c1ccc(Cl)s1.O=C(CBr)c1ccc(Cl)s1. The first-order valence-corrected chi connectivity index (χ1v) is 13.4. The summed E-state index contributed by atoms with van der Waals surface area (Å²) in [5, 5.41) is 17.5. The van der Waals surface area contributed by atoms with Crippen LogP contribution in [0.1, 0.15) is 30.7 Å². The molecule has 0 aliphatic rings. The van der Waals surface area contributed by atoms with Crippen molar-refractivity contribution < 1.29 is 9.59 Å². The molecule has 4 aromatic heterocycles. The zero-order valence-electron chi connectivity index (χ0n) is 18.5. The van der Waals surface area contributed by atoms with Gasteiger partial charge in [-0.05, 0) is 24.3 Å². The van der Waals surface area contributed by atoms with Crippen LogP contribution in [-0.4, -0.2) is 36.0 Å². The number of alkyl halides is 1. The van der Waals surface area contributed by atoms with Crippen LogP contribution in [0.2, 0.25) is 8.67 Å². The van der Waals surface area contributed by atoms with Gasteiger partial charge in [-0.3, -0.25) is 9.59 Å². The van der Waals surface area contributed by atoms with E-state index < -0.39 is 0 Å². The van der Waals surface area contributed by atoms with E-state index in [-0.39, 0.29) is 18.1 Å². The quantitative estimate of drug-likeness (QED) is 0.136. The van der Waals surface area contributed by atoms with Gasteiger partial charge in [-0.15, -0.1) is 29.3 Å². The van der Waals surface area contributed by atoms with Crippen molar-refractivity contribution >= 4 is 73.4 Å². The summed E-state index contributed by atoms with van der Waals surface area (Å²) in [6.07, 6.45) is 7.94. The number of hydrogen-bond acceptors (Lipinski definition) is 8. The molecule has 184 valence electrons. The van der Waals surface area contributed by atoms with E-state index in [1.54, 1.807) is 47.4 Å². The number of nitrogens with zero attached hydrogens (tertiary/aromatic N) is 6. The number of carbonyl (C=O) groups is 2. The van der Waals surface area contributed by atoms with Crippen molar-refractivity contribution in [1.29, 1.82) is 10.5 Å².